The third kappa shape index (κ3) is 6.13. The minimum absolute atomic E-state index is 0.000269. The molecule has 0 spiro atoms. The monoisotopic (exact) mass is 346 g/mol. The molecular weight excluding hydrogens is 324 g/mol. The summed E-state index contributed by atoms with van der Waals surface area (Å²) in [6, 6.07) is 15.2. The molecule has 0 aliphatic carbocycles. The zero-order chi connectivity index (χ0) is 17.4. The van der Waals surface area contributed by atoms with Crippen molar-refractivity contribution in [1.29, 1.82) is 0 Å². The van der Waals surface area contributed by atoms with E-state index in [1.165, 1.54) is 0 Å². The van der Waals surface area contributed by atoms with Crippen LogP contribution in [0.1, 0.15) is 25.8 Å². The SMILES string of the molecule is CC(C)Oc1ccccc1NCCC(=O)NCc1ccc(Cl)cc1. The van der Waals surface area contributed by atoms with Gasteiger partial charge in [0.2, 0.25) is 5.91 Å². The first kappa shape index (κ1) is 18.1. The number of amides is 1. The van der Waals surface area contributed by atoms with Crippen molar-refractivity contribution >= 4 is 23.2 Å². The molecule has 0 heterocycles. The zero-order valence-corrected chi connectivity index (χ0v) is 14.8. The average Bonchev–Trinajstić information content (AvgIpc) is 2.55. The largest absolute Gasteiger partial charge is 0.489 e. The van der Waals surface area contributed by atoms with E-state index in [0.29, 0.717) is 24.5 Å². The van der Waals surface area contributed by atoms with Crippen molar-refractivity contribution in [3.05, 3.63) is 59.1 Å². The van der Waals surface area contributed by atoms with Crippen LogP contribution in [0.2, 0.25) is 5.02 Å². The summed E-state index contributed by atoms with van der Waals surface area (Å²) in [6.07, 6.45) is 0.500. The van der Waals surface area contributed by atoms with Gasteiger partial charge in [-0.15, -0.1) is 0 Å². The van der Waals surface area contributed by atoms with Gasteiger partial charge in [0.25, 0.3) is 0 Å². The van der Waals surface area contributed by atoms with Gasteiger partial charge < -0.3 is 15.4 Å². The summed E-state index contributed by atoms with van der Waals surface area (Å²) in [4.78, 5) is 11.9. The molecule has 5 heteroatoms. The van der Waals surface area contributed by atoms with Crippen LogP contribution in [0.3, 0.4) is 0 Å². The van der Waals surface area contributed by atoms with E-state index in [9.17, 15) is 4.79 Å². The molecule has 0 aliphatic heterocycles. The highest BCUT2D eigenvalue weighted by atomic mass is 35.5. The molecule has 2 rings (SSSR count). The summed E-state index contributed by atoms with van der Waals surface area (Å²) in [5.74, 6) is 0.800. The molecule has 0 atom stereocenters. The van der Waals surface area contributed by atoms with Gasteiger partial charge in [0.05, 0.1) is 11.8 Å². The third-order valence-electron chi connectivity index (χ3n) is 3.32. The highest BCUT2D eigenvalue weighted by molar-refractivity contribution is 6.30. The van der Waals surface area contributed by atoms with Crippen LogP contribution in [0.15, 0.2) is 48.5 Å². The van der Waals surface area contributed by atoms with Crippen molar-refractivity contribution in [1.82, 2.24) is 5.32 Å². The molecule has 2 aromatic rings. The van der Waals surface area contributed by atoms with E-state index in [4.69, 9.17) is 16.3 Å². The van der Waals surface area contributed by atoms with Crippen molar-refractivity contribution in [2.75, 3.05) is 11.9 Å². The zero-order valence-electron chi connectivity index (χ0n) is 14.0. The number of halogens is 1. The Morgan fingerprint density at radius 1 is 1.12 bits per heavy atom. The van der Waals surface area contributed by atoms with Gasteiger partial charge in [0.1, 0.15) is 5.75 Å². The molecule has 1 amide bonds. The van der Waals surface area contributed by atoms with Crippen LogP contribution in [0.5, 0.6) is 5.75 Å². The van der Waals surface area contributed by atoms with Crippen LogP contribution in [-0.4, -0.2) is 18.6 Å². The maximum Gasteiger partial charge on any atom is 0.222 e. The lowest BCUT2D eigenvalue weighted by atomic mass is 10.2. The Balaban J connectivity index is 1.75. The predicted octanol–water partition coefficient (Wildman–Crippen LogP) is 4.25. The molecule has 0 aliphatic rings. The Morgan fingerprint density at radius 2 is 1.83 bits per heavy atom. The Labute approximate surface area is 148 Å². The lowest BCUT2D eigenvalue weighted by molar-refractivity contribution is -0.121. The molecule has 2 aromatic carbocycles. The Morgan fingerprint density at radius 3 is 2.54 bits per heavy atom. The first-order valence-corrected chi connectivity index (χ1v) is 8.43. The quantitative estimate of drug-likeness (QED) is 0.751. The number of nitrogens with one attached hydrogen (secondary N) is 2. The lowest BCUT2D eigenvalue weighted by Gasteiger charge is -2.15. The van der Waals surface area contributed by atoms with Gasteiger partial charge in [-0.05, 0) is 43.7 Å². The van der Waals surface area contributed by atoms with Gasteiger partial charge in [-0.1, -0.05) is 35.9 Å². The number of carbonyl (C=O) groups excluding carboxylic acids is 1. The molecule has 0 fully saturated rings. The van der Waals surface area contributed by atoms with E-state index in [1.54, 1.807) is 0 Å². The van der Waals surface area contributed by atoms with E-state index in [0.717, 1.165) is 17.0 Å². The summed E-state index contributed by atoms with van der Waals surface area (Å²) in [5, 5.41) is 6.84. The molecule has 2 N–H and O–H groups in total. The second-order valence-corrected chi connectivity index (χ2v) is 6.18. The number of rotatable bonds is 8. The Bertz CT molecular complexity index is 657. The second-order valence-electron chi connectivity index (χ2n) is 5.74. The molecule has 128 valence electrons. The average molecular weight is 347 g/mol. The van der Waals surface area contributed by atoms with Gasteiger partial charge in [-0.2, -0.15) is 0 Å². The van der Waals surface area contributed by atoms with Crippen molar-refractivity contribution in [3.63, 3.8) is 0 Å². The molecule has 0 aromatic heterocycles. The van der Waals surface area contributed by atoms with Crippen LogP contribution in [0, 0.1) is 0 Å². The number of carbonyl (C=O) groups is 1. The van der Waals surface area contributed by atoms with Gasteiger partial charge in [-0.3, -0.25) is 4.79 Å². The predicted molar refractivity (Wildman–Crippen MR) is 98.6 cm³/mol. The minimum Gasteiger partial charge on any atom is -0.489 e. The summed E-state index contributed by atoms with van der Waals surface area (Å²) >= 11 is 5.84. The van der Waals surface area contributed by atoms with Crippen molar-refractivity contribution in [2.45, 2.75) is 32.9 Å². The molecule has 0 saturated heterocycles. The molecule has 0 radical (unpaired) electrons. The fourth-order valence-electron chi connectivity index (χ4n) is 2.17. The number of para-hydroxylation sites is 2. The number of ether oxygens (including phenoxy) is 1. The van der Waals surface area contributed by atoms with Crippen LogP contribution >= 0.6 is 11.6 Å². The summed E-state index contributed by atoms with van der Waals surface area (Å²) in [7, 11) is 0. The smallest absolute Gasteiger partial charge is 0.222 e. The van der Waals surface area contributed by atoms with Crippen molar-refractivity contribution in [2.24, 2.45) is 0 Å². The molecular formula is C19H23ClN2O2. The number of hydrogen-bond donors (Lipinski definition) is 2. The van der Waals surface area contributed by atoms with E-state index in [-0.39, 0.29) is 12.0 Å². The minimum atomic E-state index is -0.000269. The fraction of sp³-hybridized carbons (Fsp3) is 0.316. The second kappa shape index (κ2) is 9.18. The molecule has 0 unspecified atom stereocenters. The highest BCUT2D eigenvalue weighted by Crippen LogP contribution is 2.24. The van der Waals surface area contributed by atoms with E-state index >= 15 is 0 Å². The summed E-state index contributed by atoms with van der Waals surface area (Å²) in [5.41, 5.74) is 1.92. The van der Waals surface area contributed by atoms with E-state index in [1.807, 2.05) is 62.4 Å². The van der Waals surface area contributed by atoms with Crippen LogP contribution in [0.4, 0.5) is 5.69 Å². The molecule has 24 heavy (non-hydrogen) atoms. The molecule has 0 bridgehead atoms. The van der Waals surface area contributed by atoms with Crippen LogP contribution < -0.4 is 15.4 Å². The summed E-state index contributed by atoms with van der Waals surface area (Å²) in [6.45, 7) is 5.02. The van der Waals surface area contributed by atoms with Gasteiger partial charge >= 0.3 is 0 Å². The fourth-order valence-corrected chi connectivity index (χ4v) is 2.30. The maximum absolute atomic E-state index is 11.9. The van der Waals surface area contributed by atoms with Crippen molar-refractivity contribution < 1.29 is 9.53 Å². The molecule has 0 saturated carbocycles. The van der Waals surface area contributed by atoms with Crippen LogP contribution in [0.25, 0.3) is 0 Å². The lowest BCUT2D eigenvalue weighted by Crippen LogP contribution is -2.25. The Kier molecular flexibility index (Phi) is 6.94. The van der Waals surface area contributed by atoms with E-state index in [2.05, 4.69) is 10.6 Å². The topological polar surface area (TPSA) is 50.4 Å². The first-order valence-electron chi connectivity index (χ1n) is 8.05. The number of hydrogen-bond acceptors (Lipinski definition) is 3. The Hall–Kier alpha value is -2.20. The van der Waals surface area contributed by atoms with E-state index < -0.39 is 0 Å². The molecule has 4 nitrogen and oxygen atoms in total. The van der Waals surface area contributed by atoms with Gasteiger partial charge in [0, 0.05) is 24.5 Å². The number of anilines is 1. The van der Waals surface area contributed by atoms with Crippen LogP contribution in [-0.2, 0) is 11.3 Å². The van der Waals surface area contributed by atoms with Gasteiger partial charge in [-0.25, -0.2) is 0 Å². The van der Waals surface area contributed by atoms with Crippen molar-refractivity contribution in [3.8, 4) is 5.75 Å². The number of benzene rings is 2. The summed E-state index contributed by atoms with van der Waals surface area (Å²) < 4.78 is 5.74. The third-order valence-corrected chi connectivity index (χ3v) is 3.57. The normalized spacial score (nSPS) is 10.5. The van der Waals surface area contributed by atoms with Gasteiger partial charge in [0.15, 0.2) is 0 Å². The maximum atomic E-state index is 11.9. The standard InChI is InChI=1S/C19H23ClN2O2/c1-14(2)24-18-6-4-3-5-17(18)21-12-11-19(23)22-13-15-7-9-16(20)10-8-15/h3-10,14,21H,11-13H2,1-2H3,(H,22,23). The first-order chi connectivity index (χ1) is 11.5. The highest BCUT2D eigenvalue weighted by Gasteiger charge is 2.06.